The Bertz CT molecular complexity index is 809. The molecule has 2 heterocycles. The van der Waals surface area contributed by atoms with E-state index in [2.05, 4.69) is 30.8 Å². The number of nitrogens with one attached hydrogen (secondary N) is 1. The van der Waals surface area contributed by atoms with E-state index in [1.165, 1.54) is 4.90 Å². The van der Waals surface area contributed by atoms with Gasteiger partial charge in [0.25, 0.3) is 11.8 Å². The fourth-order valence-electron chi connectivity index (χ4n) is 3.29. The summed E-state index contributed by atoms with van der Waals surface area (Å²) in [7, 11) is 2.10. The highest BCUT2D eigenvalue weighted by Crippen LogP contribution is 2.29. The van der Waals surface area contributed by atoms with Crippen molar-refractivity contribution in [2.45, 2.75) is 45.1 Å². The Kier molecular flexibility index (Phi) is 6.23. The van der Waals surface area contributed by atoms with Gasteiger partial charge in [0, 0.05) is 49.4 Å². The molecule has 154 valence electrons. The topological polar surface area (TPSA) is 48.6 Å². The summed E-state index contributed by atoms with van der Waals surface area (Å²) >= 11 is 0. The van der Waals surface area contributed by atoms with Gasteiger partial charge >= 0.3 is 0 Å². The number of amides is 1. The Hall–Kier alpha value is -2.15. The number of carbonyl (C=O) groups excluding carboxylic acids is 1. The summed E-state index contributed by atoms with van der Waals surface area (Å²) in [6.07, 6.45) is 0.384. The van der Waals surface area contributed by atoms with Crippen molar-refractivity contribution < 1.29 is 18.3 Å². The van der Waals surface area contributed by atoms with Crippen LogP contribution in [0.15, 0.2) is 24.3 Å². The van der Waals surface area contributed by atoms with Crippen LogP contribution < -0.4 is 4.74 Å². The van der Waals surface area contributed by atoms with E-state index in [0.717, 1.165) is 29.6 Å². The maximum atomic E-state index is 13.3. The number of halogens is 2. The highest BCUT2D eigenvalue weighted by atomic mass is 19.3. The van der Waals surface area contributed by atoms with Crippen molar-refractivity contribution in [1.82, 2.24) is 14.8 Å². The molecule has 1 aromatic heterocycles. The molecule has 0 aliphatic carbocycles. The molecule has 1 aromatic carbocycles. The van der Waals surface area contributed by atoms with Gasteiger partial charge in [-0.05, 0) is 51.6 Å². The Labute approximate surface area is 164 Å². The number of hydrogen-bond acceptors (Lipinski definition) is 3. The molecule has 1 amide bonds. The first-order valence-electron chi connectivity index (χ1n) is 9.88. The molecule has 3 rings (SSSR count). The number of H-pyrrole nitrogens is 1. The van der Waals surface area contributed by atoms with Crippen LogP contribution in [0.4, 0.5) is 8.78 Å². The molecule has 5 nitrogen and oxygen atoms in total. The van der Waals surface area contributed by atoms with E-state index in [9.17, 15) is 13.6 Å². The van der Waals surface area contributed by atoms with Crippen molar-refractivity contribution >= 4 is 16.8 Å². The first-order chi connectivity index (χ1) is 13.2. The molecular weight excluding hydrogens is 364 g/mol. The van der Waals surface area contributed by atoms with Gasteiger partial charge in [0.05, 0.1) is 6.61 Å². The first kappa shape index (κ1) is 20.6. The van der Waals surface area contributed by atoms with Gasteiger partial charge in [-0.25, -0.2) is 8.78 Å². The molecule has 0 unspecified atom stereocenters. The molecule has 2 aromatic rings. The van der Waals surface area contributed by atoms with Crippen LogP contribution in [0.1, 0.15) is 43.6 Å². The van der Waals surface area contributed by atoms with Gasteiger partial charge in [-0.15, -0.1) is 0 Å². The van der Waals surface area contributed by atoms with Gasteiger partial charge < -0.3 is 19.5 Å². The lowest BCUT2D eigenvalue weighted by atomic mass is 10.1. The average molecular weight is 393 g/mol. The number of rotatable bonds is 7. The van der Waals surface area contributed by atoms with Crippen molar-refractivity contribution in [2.24, 2.45) is 0 Å². The molecule has 7 heteroatoms. The minimum absolute atomic E-state index is 0.0837. The van der Waals surface area contributed by atoms with Crippen LogP contribution in [0.3, 0.4) is 0 Å². The SMILES string of the molecule is CC(C)N(C)CCCOc1ccc2[nH]c(C(=O)N3CCC(F)(F)CC3)cc2c1. The van der Waals surface area contributed by atoms with E-state index in [-0.39, 0.29) is 31.8 Å². The van der Waals surface area contributed by atoms with Gasteiger partial charge in [-0.3, -0.25) is 4.79 Å². The monoisotopic (exact) mass is 393 g/mol. The van der Waals surface area contributed by atoms with Gasteiger partial charge in [-0.2, -0.15) is 0 Å². The number of carbonyl (C=O) groups is 1. The van der Waals surface area contributed by atoms with Crippen molar-refractivity contribution in [3.8, 4) is 5.75 Å². The van der Waals surface area contributed by atoms with Gasteiger partial charge in [0.2, 0.25) is 0 Å². The predicted molar refractivity (Wildman–Crippen MR) is 106 cm³/mol. The number of benzene rings is 1. The molecule has 0 bridgehead atoms. The standard InChI is InChI=1S/C21H29F2N3O2/c1-15(2)25(3)9-4-12-28-17-5-6-18-16(13-17)14-19(24-18)20(27)26-10-7-21(22,23)8-11-26/h5-6,13-15,24H,4,7-12H2,1-3H3. The summed E-state index contributed by atoms with van der Waals surface area (Å²) in [5.74, 6) is -2.13. The van der Waals surface area contributed by atoms with Crippen molar-refractivity contribution in [2.75, 3.05) is 33.3 Å². The van der Waals surface area contributed by atoms with Crippen LogP contribution in [0.5, 0.6) is 5.75 Å². The van der Waals surface area contributed by atoms with Crippen LogP contribution in [0, 0.1) is 0 Å². The number of aromatic amines is 1. The molecule has 0 atom stereocenters. The van der Waals surface area contributed by atoms with Crippen LogP contribution >= 0.6 is 0 Å². The predicted octanol–water partition coefficient (Wildman–Crippen LogP) is 4.15. The maximum absolute atomic E-state index is 13.3. The molecule has 0 saturated carbocycles. The molecule has 1 saturated heterocycles. The number of piperidine rings is 1. The zero-order valence-corrected chi connectivity index (χ0v) is 16.8. The smallest absolute Gasteiger partial charge is 0.270 e. The van der Waals surface area contributed by atoms with E-state index in [0.29, 0.717) is 18.3 Å². The molecule has 0 radical (unpaired) electrons. The number of nitrogens with zero attached hydrogens (tertiary/aromatic N) is 2. The molecule has 0 spiro atoms. The third-order valence-corrected chi connectivity index (χ3v) is 5.41. The quantitative estimate of drug-likeness (QED) is 0.719. The second-order valence-corrected chi connectivity index (χ2v) is 7.86. The van der Waals surface area contributed by atoms with Crippen molar-refractivity contribution in [3.05, 3.63) is 30.0 Å². The molecule has 1 fully saturated rings. The van der Waals surface area contributed by atoms with E-state index in [1.54, 1.807) is 6.07 Å². The number of fused-ring (bicyclic) bond motifs is 1. The van der Waals surface area contributed by atoms with Crippen molar-refractivity contribution in [3.63, 3.8) is 0 Å². The molecular formula is C21H29F2N3O2. The van der Waals surface area contributed by atoms with Crippen molar-refractivity contribution in [1.29, 1.82) is 0 Å². The lowest BCUT2D eigenvalue weighted by molar-refractivity contribution is -0.0495. The lowest BCUT2D eigenvalue weighted by Gasteiger charge is -2.31. The number of ether oxygens (including phenoxy) is 1. The summed E-state index contributed by atoms with van der Waals surface area (Å²) in [4.78, 5) is 19.5. The van der Waals surface area contributed by atoms with Crippen LogP contribution in [-0.2, 0) is 0 Å². The van der Waals surface area contributed by atoms with E-state index >= 15 is 0 Å². The van der Waals surface area contributed by atoms with E-state index < -0.39 is 5.92 Å². The fourth-order valence-corrected chi connectivity index (χ4v) is 3.29. The van der Waals surface area contributed by atoms with Crippen LogP contribution in [0.25, 0.3) is 10.9 Å². The molecule has 1 aliphatic heterocycles. The maximum Gasteiger partial charge on any atom is 0.270 e. The lowest BCUT2D eigenvalue weighted by Crippen LogP contribution is -2.42. The number of likely N-dealkylation sites (tertiary alicyclic amines) is 1. The highest BCUT2D eigenvalue weighted by Gasteiger charge is 2.36. The first-order valence-corrected chi connectivity index (χ1v) is 9.88. The zero-order valence-electron chi connectivity index (χ0n) is 16.8. The summed E-state index contributed by atoms with van der Waals surface area (Å²) in [5, 5.41) is 0.877. The van der Waals surface area contributed by atoms with Gasteiger partial charge in [0.15, 0.2) is 0 Å². The number of alkyl halides is 2. The Morgan fingerprint density at radius 3 is 2.68 bits per heavy atom. The fraction of sp³-hybridized carbons (Fsp3) is 0.571. The summed E-state index contributed by atoms with van der Waals surface area (Å²) in [6, 6.07) is 7.94. The number of hydrogen-bond donors (Lipinski definition) is 1. The molecule has 1 N–H and O–H groups in total. The Morgan fingerprint density at radius 2 is 2.00 bits per heavy atom. The summed E-state index contributed by atoms with van der Waals surface area (Å²) < 4.78 is 32.4. The zero-order chi connectivity index (χ0) is 20.3. The minimum Gasteiger partial charge on any atom is -0.494 e. The number of aromatic nitrogens is 1. The van der Waals surface area contributed by atoms with Gasteiger partial charge in [0.1, 0.15) is 11.4 Å². The summed E-state index contributed by atoms with van der Waals surface area (Å²) in [5.41, 5.74) is 1.26. The van der Waals surface area contributed by atoms with E-state index in [1.807, 2.05) is 18.2 Å². The largest absolute Gasteiger partial charge is 0.494 e. The van der Waals surface area contributed by atoms with Gasteiger partial charge in [-0.1, -0.05) is 0 Å². The Balaban J connectivity index is 1.59. The second-order valence-electron chi connectivity index (χ2n) is 7.86. The van der Waals surface area contributed by atoms with E-state index in [4.69, 9.17) is 4.74 Å². The minimum atomic E-state index is -2.66. The average Bonchev–Trinajstić information content (AvgIpc) is 3.07. The van der Waals surface area contributed by atoms with Crippen LogP contribution in [-0.4, -0.2) is 65.9 Å². The molecule has 28 heavy (non-hydrogen) atoms. The normalized spacial score (nSPS) is 16.9. The Morgan fingerprint density at radius 1 is 1.29 bits per heavy atom. The highest BCUT2D eigenvalue weighted by molar-refractivity contribution is 5.98. The molecule has 1 aliphatic rings. The third kappa shape index (κ3) is 5.01. The third-order valence-electron chi connectivity index (χ3n) is 5.41. The van der Waals surface area contributed by atoms with Crippen LogP contribution in [0.2, 0.25) is 0 Å². The summed E-state index contributed by atoms with van der Waals surface area (Å²) in [6.45, 7) is 6.09. The second kappa shape index (κ2) is 8.47.